The van der Waals surface area contributed by atoms with Crippen LogP contribution in [0.1, 0.15) is 0 Å². The van der Waals surface area contributed by atoms with Crippen molar-refractivity contribution in [1.82, 2.24) is 9.38 Å². The van der Waals surface area contributed by atoms with Crippen LogP contribution in [0.2, 0.25) is 0 Å². The number of methoxy groups -OCH3 is 1. The lowest BCUT2D eigenvalue weighted by atomic mass is 10.1. The fraction of sp³-hybridized carbons (Fsp3) is 0.0714. The number of aromatic hydroxyl groups is 1. The molecule has 2 aromatic heterocycles. The lowest BCUT2D eigenvalue weighted by Gasteiger charge is -2.00. The molecule has 0 aliphatic heterocycles. The number of hydrogen-bond donors (Lipinski definition) is 1. The van der Waals surface area contributed by atoms with Crippen molar-refractivity contribution in [2.45, 2.75) is 0 Å². The highest BCUT2D eigenvalue weighted by atomic mass is 16.5. The second-order valence-electron chi connectivity index (χ2n) is 3.98. The van der Waals surface area contributed by atoms with E-state index in [1.54, 1.807) is 23.6 Å². The Kier molecular flexibility index (Phi) is 2.41. The van der Waals surface area contributed by atoms with E-state index in [1.165, 1.54) is 0 Å². The Labute approximate surface area is 104 Å². The first-order chi connectivity index (χ1) is 8.78. The summed E-state index contributed by atoms with van der Waals surface area (Å²) in [6.07, 6.45) is 3.73. The van der Waals surface area contributed by atoms with Gasteiger partial charge in [-0.3, -0.25) is 0 Å². The number of nitrogens with zero attached hydrogens (tertiary/aromatic N) is 2. The lowest BCUT2D eigenvalue weighted by Crippen LogP contribution is -1.83. The molecule has 2 heterocycles. The van der Waals surface area contributed by atoms with E-state index >= 15 is 0 Å². The number of ether oxygens (including phenoxy) is 1. The summed E-state index contributed by atoms with van der Waals surface area (Å²) in [5, 5.41) is 9.72. The first kappa shape index (κ1) is 10.7. The van der Waals surface area contributed by atoms with Crippen molar-refractivity contribution in [2.24, 2.45) is 0 Å². The van der Waals surface area contributed by atoms with Crippen LogP contribution >= 0.6 is 0 Å². The minimum atomic E-state index is 0.173. The van der Waals surface area contributed by atoms with Gasteiger partial charge >= 0.3 is 0 Å². The van der Waals surface area contributed by atoms with Gasteiger partial charge in [-0.1, -0.05) is 12.1 Å². The molecule has 3 rings (SSSR count). The summed E-state index contributed by atoms with van der Waals surface area (Å²) in [5.41, 5.74) is 2.31. The summed E-state index contributed by atoms with van der Waals surface area (Å²) in [4.78, 5) is 4.42. The van der Waals surface area contributed by atoms with Crippen molar-refractivity contribution in [2.75, 3.05) is 7.11 Å². The molecular weight excluding hydrogens is 228 g/mol. The molecule has 0 aliphatic carbocycles. The minimum absolute atomic E-state index is 0.173. The van der Waals surface area contributed by atoms with Crippen molar-refractivity contribution >= 4 is 5.65 Å². The molecule has 0 saturated carbocycles. The third-order valence-electron chi connectivity index (χ3n) is 2.83. The molecule has 4 nitrogen and oxygen atoms in total. The molecule has 0 aliphatic rings. The number of hydrogen-bond acceptors (Lipinski definition) is 3. The van der Waals surface area contributed by atoms with Crippen molar-refractivity contribution in [3.8, 4) is 22.8 Å². The summed E-state index contributed by atoms with van der Waals surface area (Å²) in [7, 11) is 1.63. The van der Waals surface area contributed by atoms with Crippen LogP contribution in [0.25, 0.3) is 16.9 Å². The minimum Gasteiger partial charge on any atom is -0.504 e. The molecule has 1 N–H and O–H groups in total. The van der Waals surface area contributed by atoms with Gasteiger partial charge in [-0.2, -0.15) is 0 Å². The first-order valence-electron chi connectivity index (χ1n) is 5.59. The Morgan fingerprint density at radius 1 is 1.22 bits per heavy atom. The molecule has 1 aromatic carbocycles. The molecule has 0 unspecified atom stereocenters. The third kappa shape index (κ3) is 1.68. The van der Waals surface area contributed by atoms with Crippen LogP contribution in [0.3, 0.4) is 0 Å². The zero-order valence-corrected chi connectivity index (χ0v) is 9.87. The Hall–Kier alpha value is -2.49. The van der Waals surface area contributed by atoms with Gasteiger partial charge in [-0.05, 0) is 24.3 Å². The van der Waals surface area contributed by atoms with E-state index in [-0.39, 0.29) is 5.75 Å². The second kappa shape index (κ2) is 4.07. The van der Waals surface area contributed by atoms with Gasteiger partial charge in [0, 0.05) is 18.0 Å². The maximum Gasteiger partial charge on any atom is 0.180 e. The Bertz CT molecular complexity index is 704. The second-order valence-corrected chi connectivity index (χ2v) is 3.98. The van der Waals surface area contributed by atoms with Gasteiger partial charge in [0.05, 0.1) is 12.8 Å². The van der Waals surface area contributed by atoms with Crippen LogP contribution in [-0.4, -0.2) is 21.6 Å². The quantitative estimate of drug-likeness (QED) is 0.749. The van der Waals surface area contributed by atoms with Gasteiger partial charge in [0.1, 0.15) is 5.75 Å². The number of aromatic nitrogens is 2. The van der Waals surface area contributed by atoms with Crippen LogP contribution < -0.4 is 4.74 Å². The van der Waals surface area contributed by atoms with E-state index in [0.717, 1.165) is 17.0 Å². The molecule has 18 heavy (non-hydrogen) atoms. The largest absolute Gasteiger partial charge is 0.504 e. The third-order valence-corrected chi connectivity index (χ3v) is 2.83. The molecule has 0 saturated heterocycles. The number of pyridine rings is 1. The van der Waals surface area contributed by atoms with Crippen molar-refractivity contribution in [1.29, 1.82) is 0 Å². The Morgan fingerprint density at radius 2 is 2.11 bits per heavy atom. The first-order valence-corrected chi connectivity index (χ1v) is 5.59. The molecular formula is C14H12N2O2. The molecule has 0 atom stereocenters. The zero-order valence-electron chi connectivity index (χ0n) is 9.87. The molecule has 0 radical (unpaired) electrons. The van der Waals surface area contributed by atoms with Gasteiger partial charge in [0.15, 0.2) is 11.4 Å². The van der Waals surface area contributed by atoms with Gasteiger partial charge < -0.3 is 14.2 Å². The maximum absolute atomic E-state index is 9.72. The normalized spacial score (nSPS) is 10.7. The van der Waals surface area contributed by atoms with Crippen molar-refractivity contribution < 1.29 is 9.84 Å². The molecule has 0 bridgehead atoms. The molecule has 4 heteroatoms. The molecule has 90 valence electrons. The molecule has 0 spiro atoms. The monoisotopic (exact) mass is 240 g/mol. The predicted molar refractivity (Wildman–Crippen MR) is 68.8 cm³/mol. The van der Waals surface area contributed by atoms with Crippen LogP contribution in [-0.2, 0) is 0 Å². The fourth-order valence-electron chi connectivity index (χ4n) is 1.92. The average Bonchev–Trinajstić information content (AvgIpc) is 2.84. The van der Waals surface area contributed by atoms with Gasteiger partial charge in [0.25, 0.3) is 0 Å². The van der Waals surface area contributed by atoms with Crippen LogP contribution in [0.4, 0.5) is 0 Å². The van der Waals surface area contributed by atoms with Crippen LogP contribution in [0.15, 0.2) is 48.8 Å². The van der Waals surface area contributed by atoms with Gasteiger partial charge in [0.2, 0.25) is 0 Å². The molecule has 3 aromatic rings. The summed E-state index contributed by atoms with van der Waals surface area (Å²) in [6.45, 7) is 0. The van der Waals surface area contributed by atoms with Crippen LogP contribution in [0.5, 0.6) is 11.5 Å². The highest BCUT2D eigenvalue weighted by Crippen LogP contribution is 2.25. The Morgan fingerprint density at radius 3 is 2.89 bits per heavy atom. The van der Waals surface area contributed by atoms with Gasteiger partial charge in [-0.25, -0.2) is 4.98 Å². The number of imidazole rings is 1. The fourth-order valence-corrected chi connectivity index (χ4v) is 1.92. The van der Waals surface area contributed by atoms with E-state index in [1.807, 2.05) is 36.7 Å². The Balaban J connectivity index is 2.16. The standard InChI is InChI=1S/C14H12N2O2/c1-18-11-5-2-4-10(8-11)12-9-16-7-3-6-13(17)14(16)15-12/h2-9,17H,1H3. The summed E-state index contributed by atoms with van der Waals surface area (Å²) in [6, 6.07) is 11.1. The zero-order chi connectivity index (χ0) is 12.5. The van der Waals surface area contributed by atoms with E-state index in [2.05, 4.69) is 4.98 Å². The SMILES string of the molecule is COc1cccc(-c2cn3cccc(O)c3n2)c1. The summed E-state index contributed by atoms with van der Waals surface area (Å²) >= 11 is 0. The van der Waals surface area contributed by atoms with Crippen molar-refractivity contribution in [3.63, 3.8) is 0 Å². The summed E-state index contributed by atoms with van der Waals surface area (Å²) in [5.74, 6) is 0.959. The highest BCUT2D eigenvalue weighted by Gasteiger charge is 2.07. The topological polar surface area (TPSA) is 46.8 Å². The van der Waals surface area contributed by atoms with E-state index in [0.29, 0.717) is 5.65 Å². The van der Waals surface area contributed by atoms with E-state index < -0.39 is 0 Å². The number of rotatable bonds is 2. The van der Waals surface area contributed by atoms with Gasteiger partial charge in [-0.15, -0.1) is 0 Å². The van der Waals surface area contributed by atoms with E-state index in [9.17, 15) is 5.11 Å². The highest BCUT2D eigenvalue weighted by molar-refractivity contribution is 5.66. The molecule has 0 fully saturated rings. The van der Waals surface area contributed by atoms with E-state index in [4.69, 9.17) is 4.74 Å². The predicted octanol–water partition coefficient (Wildman–Crippen LogP) is 2.72. The number of benzene rings is 1. The summed E-state index contributed by atoms with van der Waals surface area (Å²) < 4.78 is 6.99. The number of fused-ring (bicyclic) bond motifs is 1. The smallest absolute Gasteiger partial charge is 0.180 e. The van der Waals surface area contributed by atoms with Crippen molar-refractivity contribution in [3.05, 3.63) is 48.8 Å². The lowest BCUT2D eigenvalue weighted by molar-refractivity contribution is 0.415. The average molecular weight is 240 g/mol. The van der Waals surface area contributed by atoms with Crippen LogP contribution in [0, 0.1) is 0 Å². The maximum atomic E-state index is 9.72. The molecule has 0 amide bonds.